The van der Waals surface area contributed by atoms with E-state index in [9.17, 15) is 4.79 Å². The van der Waals surface area contributed by atoms with Crippen LogP contribution in [0.5, 0.6) is 0 Å². The van der Waals surface area contributed by atoms with Gasteiger partial charge in [-0.15, -0.1) is 23.7 Å². The zero-order valence-electron chi connectivity index (χ0n) is 13.0. The highest BCUT2D eigenvalue weighted by Crippen LogP contribution is 2.22. The van der Waals surface area contributed by atoms with Gasteiger partial charge in [0.1, 0.15) is 0 Å². The number of fused-ring (bicyclic) bond motifs is 1. The molecule has 0 saturated carbocycles. The molecule has 8 heteroatoms. The number of carbonyl (C=O) groups is 1. The first-order valence-electron chi connectivity index (χ1n) is 7.62. The van der Waals surface area contributed by atoms with Gasteiger partial charge in [0.25, 0.3) is 0 Å². The highest BCUT2D eigenvalue weighted by Gasteiger charge is 2.28. The summed E-state index contributed by atoms with van der Waals surface area (Å²) in [5, 5.41) is 5.35. The average molecular weight is 364 g/mol. The fourth-order valence-corrected chi connectivity index (χ4v) is 3.71. The molecule has 1 atom stereocenters. The molecule has 1 fully saturated rings. The lowest BCUT2D eigenvalue weighted by Crippen LogP contribution is -2.49. The summed E-state index contributed by atoms with van der Waals surface area (Å²) in [6.45, 7) is 2.29. The van der Waals surface area contributed by atoms with E-state index >= 15 is 0 Å². The summed E-state index contributed by atoms with van der Waals surface area (Å²) in [6.07, 6.45) is 7.83. The second-order valence-corrected chi connectivity index (χ2v) is 6.47. The van der Waals surface area contributed by atoms with Crippen LogP contribution in [0.2, 0.25) is 0 Å². The molecule has 4 heterocycles. The quantitative estimate of drug-likeness (QED) is 0.772. The van der Waals surface area contributed by atoms with Crippen molar-refractivity contribution in [3.63, 3.8) is 0 Å². The van der Waals surface area contributed by atoms with Gasteiger partial charge in [-0.05, 0) is 11.6 Å². The summed E-state index contributed by atoms with van der Waals surface area (Å²) in [6, 6.07) is 3.97. The Morgan fingerprint density at radius 2 is 2.38 bits per heavy atom. The number of nitrogens with zero attached hydrogens (tertiary/aromatic N) is 4. The van der Waals surface area contributed by atoms with Crippen molar-refractivity contribution >= 4 is 34.6 Å². The maximum absolute atomic E-state index is 12.8. The normalized spacial score (nSPS) is 17.7. The summed E-state index contributed by atoms with van der Waals surface area (Å²) < 4.78 is 1.96. The highest BCUT2D eigenvalue weighted by molar-refractivity contribution is 7.15. The molecule has 0 spiro atoms. The third-order valence-corrected chi connectivity index (χ3v) is 4.88. The largest absolute Gasteiger partial charge is 0.333 e. The molecule has 1 saturated heterocycles. The number of nitrogens with one attached hydrogen (secondary N) is 1. The van der Waals surface area contributed by atoms with Gasteiger partial charge in [-0.2, -0.15) is 0 Å². The fourth-order valence-electron chi connectivity index (χ4n) is 2.99. The SMILES string of the molecule is Cl.O=C(Cc1cn2ccsc2n1)N1CCNCC1c1cccnc1. The lowest BCUT2D eigenvalue weighted by Gasteiger charge is -2.36. The summed E-state index contributed by atoms with van der Waals surface area (Å²) in [7, 11) is 0. The standard InChI is InChI=1S/C16H17N5OS.ClH/c22-15(8-13-11-20-6-7-23-16(20)19-13)21-5-4-18-10-14(21)12-2-1-3-17-9-12;/h1-3,6-7,9,11,14,18H,4-5,8,10H2;1H. The monoisotopic (exact) mass is 363 g/mol. The minimum atomic E-state index is 0. The lowest BCUT2D eigenvalue weighted by molar-refractivity contribution is -0.133. The van der Waals surface area contributed by atoms with E-state index in [0.717, 1.165) is 29.3 Å². The molecule has 3 aromatic heterocycles. The van der Waals surface area contributed by atoms with Gasteiger partial charge >= 0.3 is 0 Å². The van der Waals surface area contributed by atoms with Gasteiger partial charge in [0.05, 0.1) is 18.2 Å². The van der Waals surface area contributed by atoms with E-state index in [1.165, 1.54) is 0 Å². The van der Waals surface area contributed by atoms with Crippen LogP contribution < -0.4 is 5.32 Å². The van der Waals surface area contributed by atoms with E-state index in [1.807, 2.05) is 45.4 Å². The average Bonchev–Trinajstić information content (AvgIpc) is 3.17. The zero-order valence-corrected chi connectivity index (χ0v) is 14.6. The molecule has 126 valence electrons. The first-order valence-corrected chi connectivity index (χ1v) is 8.50. The van der Waals surface area contributed by atoms with Crippen molar-refractivity contribution in [1.29, 1.82) is 0 Å². The predicted molar refractivity (Wildman–Crippen MR) is 95.6 cm³/mol. The number of aromatic nitrogens is 3. The minimum Gasteiger partial charge on any atom is -0.333 e. The van der Waals surface area contributed by atoms with E-state index in [-0.39, 0.29) is 24.4 Å². The summed E-state index contributed by atoms with van der Waals surface area (Å²) in [5.41, 5.74) is 1.89. The van der Waals surface area contributed by atoms with E-state index in [2.05, 4.69) is 15.3 Å². The Hall–Kier alpha value is -1.96. The van der Waals surface area contributed by atoms with Crippen LogP contribution in [0.1, 0.15) is 17.3 Å². The van der Waals surface area contributed by atoms with Crippen molar-refractivity contribution < 1.29 is 4.79 Å². The molecular weight excluding hydrogens is 346 g/mol. The number of halogens is 1. The van der Waals surface area contributed by atoms with Crippen LogP contribution in [-0.2, 0) is 11.2 Å². The van der Waals surface area contributed by atoms with Crippen molar-refractivity contribution in [3.8, 4) is 0 Å². The van der Waals surface area contributed by atoms with Crippen molar-refractivity contribution in [3.05, 3.63) is 53.6 Å². The molecule has 1 aliphatic rings. The molecule has 1 amide bonds. The van der Waals surface area contributed by atoms with Gasteiger partial charge in [-0.3, -0.25) is 14.2 Å². The highest BCUT2D eigenvalue weighted by atomic mass is 35.5. The van der Waals surface area contributed by atoms with Crippen LogP contribution in [0, 0.1) is 0 Å². The molecule has 3 aromatic rings. The molecule has 0 radical (unpaired) electrons. The maximum atomic E-state index is 12.8. The number of imidazole rings is 1. The Morgan fingerprint density at radius 1 is 1.46 bits per heavy atom. The Balaban J connectivity index is 0.00000169. The third-order valence-electron chi connectivity index (χ3n) is 4.11. The molecule has 1 N–H and O–H groups in total. The molecular formula is C16H18ClN5OS. The van der Waals surface area contributed by atoms with Gasteiger partial charge in [0, 0.05) is 49.8 Å². The van der Waals surface area contributed by atoms with Crippen LogP contribution in [-0.4, -0.2) is 44.8 Å². The first-order chi connectivity index (χ1) is 11.3. The van der Waals surface area contributed by atoms with Crippen molar-refractivity contribution in [1.82, 2.24) is 24.6 Å². The topological polar surface area (TPSA) is 62.5 Å². The van der Waals surface area contributed by atoms with Crippen molar-refractivity contribution in [2.45, 2.75) is 12.5 Å². The van der Waals surface area contributed by atoms with Crippen LogP contribution in [0.3, 0.4) is 0 Å². The molecule has 1 aliphatic heterocycles. The van der Waals surface area contributed by atoms with E-state index in [4.69, 9.17) is 0 Å². The molecule has 1 unspecified atom stereocenters. The molecule has 4 rings (SSSR count). The van der Waals surface area contributed by atoms with Crippen LogP contribution in [0.15, 0.2) is 42.3 Å². The van der Waals surface area contributed by atoms with E-state index in [1.54, 1.807) is 17.5 Å². The Labute approximate surface area is 149 Å². The number of thiazole rings is 1. The predicted octanol–water partition coefficient (Wildman–Crippen LogP) is 1.93. The van der Waals surface area contributed by atoms with Gasteiger partial charge in [0.2, 0.25) is 5.91 Å². The van der Waals surface area contributed by atoms with Crippen molar-refractivity contribution in [2.24, 2.45) is 0 Å². The molecule has 0 aromatic carbocycles. The van der Waals surface area contributed by atoms with E-state index in [0.29, 0.717) is 13.0 Å². The molecule has 0 aliphatic carbocycles. The van der Waals surface area contributed by atoms with Crippen molar-refractivity contribution in [2.75, 3.05) is 19.6 Å². The summed E-state index contributed by atoms with van der Waals surface area (Å²) in [4.78, 5) is 24.3. The summed E-state index contributed by atoms with van der Waals surface area (Å²) >= 11 is 1.58. The molecule has 0 bridgehead atoms. The number of hydrogen-bond acceptors (Lipinski definition) is 5. The van der Waals surface area contributed by atoms with Crippen LogP contribution >= 0.6 is 23.7 Å². The molecule has 6 nitrogen and oxygen atoms in total. The zero-order chi connectivity index (χ0) is 15.6. The number of carbonyl (C=O) groups excluding carboxylic acids is 1. The first kappa shape index (κ1) is 16.9. The van der Waals surface area contributed by atoms with Gasteiger partial charge in [-0.1, -0.05) is 6.07 Å². The van der Waals surface area contributed by atoms with Crippen LogP contribution in [0.25, 0.3) is 4.96 Å². The fraction of sp³-hybridized carbons (Fsp3) is 0.312. The second-order valence-electron chi connectivity index (χ2n) is 5.60. The van der Waals surface area contributed by atoms with Gasteiger partial charge in [-0.25, -0.2) is 4.98 Å². The number of amides is 1. The number of pyridine rings is 1. The van der Waals surface area contributed by atoms with Gasteiger partial charge < -0.3 is 10.2 Å². The second kappa shape index (κ2) is 7.29. The Bertz CT molecular complexity index is 790. The maximum Gasteiger partial charge on any atom is 0.229 e. The molecule has 24 heavy (non-hydrogen) atoms. The third kappa shape index (κ3) is 3.28. The van der Waals surface area contributed by atoms with Gasteiger partial charge in [0.15, 0.2) is 4.96 Å². The van der Waals surface area contributed by atoms with E-state index < -0.39 is 0 Å². The number of rotatable bonds is 3. The number of hydrogen-bond donors (Lipinski definition) is 1. The Morgan fingerprint density at radius 3 is 3.17 bits per heavy atom. The smallest absolute Gasteiger partial charge is 0.229 e. The Kier molecular flexibility index (Phi) is 5.13. The van der Waals surface area contributed by atoms with Crippen LogP contribution in [0.4, 0.5) is 0 Å². The number of piperazine rings is 1. The summed E-state index contributed by atoms with van der Waals surface area (Å²) in [5.74, 6) is 0.117. The lowest BCUT2D eigenvalue weighted by atomic mass is 10.0. The minimum absolute atomic E-state index is 0.